The van der Waals surface area contributed by atoms with E-state index in [0.29, 0.717) is 5.02 Å². The first kappa shape index (κ1) is 15.7. The van der Waals surface area contributed by atoms with Crippen LogP contribution in [0.3, 0.4) is 0 Å². The van der Waals surface area contributed by atoms with E-state index < -0.39 is 10.0 Å². The number of nitrogens with one attached hydrogen (secondary N) is 1. The molecule has 0 saturated heterocycles. The number of hydrogen-bond donors (Lipinski definition) is 1. The van der Waals surface area contributed by atoms with E-state index in [2.05, 4.69) is 9.71 Å². The molecule has 0 unspecified atom stereocenters. The van der Waals surface area contributed by atoms with Crippen molar-refractivity contribution >= 4 is 62.1 Å². The zero-order valence-corrected chi connectivity index (χ0v) is 13.7. The van der Waals surface area contributed by atoms with Crippen molar-refractivity contribution in [3.63, 3.8) is 0 Å². The molecular formula is C10H7Cl4N3O2S. The maximum absolute atomic E-state index is 12.2. The van der Waals surface area contributed by atoms with Gasteiger partial charge in [0.25, 0.3) is 10.0 Å². The second-order valence-corrected chi connectivity index (χ2v) is 7.01. The van der Waals surface area contributed by atoms with Crippen molar-refractivity contribution in [2.24, 2.45) is 7.05 Å². The number of anilines is 1. The summed E-state index contributed by atoms with van der Waals surface area (Å²) in [7, 11) is -2.44. The Kier molecular flexibility index (Phi) is 4.41. The van der Waals surface area contributed by atoms with E-state index in [9.17, 15) is 8.42 Å². The van der Waals surface area contributed by atoms with E-state index in [1.165, 1.54) is 23.0 Å². The summed E-state index contributed by atoms with van der Waals surface area (Å²) in [6.45, 7) is 0. The van der Waals surface area contributed by atoms with Gasteiger partial charge >= 0.3 is 0 Å². The number of aryl methyl sites for hydroxylation is 1. The molecule has 0 spiro atoms. The lowest BCUT2D eigenvalue weighted by atomic mass is 10.3. The summed E-state index contributed by atoms with van der Waals surface area (Å²) in [5.41, 5.74) is 0.0134. The van der Waals surface area contributed by atoms with Gasteiger partial charge in [0.05, 0.1) is 22.1 Å². The minimum Gasteiger partial charge on any atom is -0.324 e. The molecule has 20 heavy (non-hydrogen) atoms. The molecular weight excluding hydrogens is 368 g/mol. The van der Waals surface area contributed by atoms with Gasteiger partial charge in [-0.15, -0.1) is 0 Å². The Morgan fingerprint density at radius 3 is 2.15 bits per heavy atom. The van der Waals surface area contributed by atoms with Crippen molar-refractivity contribution in [1.82, 2.24) is 9.55 Å². The average Bonchev–Trinajstić information content (AvgIpc) is 2.65. The van der Waals surface area contributed by atoms with Crippen molar-refractivity contribution < 1.29 is 8.42 Å². The monoisotopic (exact) mass is 373 g/mol. The third kappa shape index (κ3) is 2.99. The van der Waals surface area contributed by atoms with Crippen LogP contribution in [0, 0.1) is 0 Å². The molecule has 0 aliphatic rings. The van der Waals surface area contributed by atoms with E-state index in [1.54, 1.807) is 7.05 Å². The van der Waals surface area contributed by atoms with Crippen LogP contribution >= 0.6 is 46.4 Å². The fraction of sp³-hybridized carbons (Fsp3) is 0.100. The summed E-state index contributed by atoms with van der Waals surface area (Å²) in [4.78, 5) is 3.73. The molecule has 0 saturated carbocycles. The summed E-state index contributed by atoms with van der Waals surface area (Å²) in [5, 5.41) is 0.0810. The van der Waals surface area contributed by atoms with E-state index in [4.69, 9.17) is 46.4 Å². The van der Waals surface area contributed by atoms with Crippen LogP contribution < -0.4 is 4.72 Å². The van der Waals surface area contributed by atoms with E-state index in [1.807, 2.05) is 0 Å². The quantitative estimate of drug-likeness (QED) is 0.887. The van der Waals surface area contributed by atoms with Gasteiger partial charge in [-0.05, 0) is 12.1 Å². The number of rotatable bonds is 3. The zero-order chi connectivity index (χ0) is 15.1. The molecule has 1 N–H and O–H groups in total. The largest absolute Gasteiger partial charge is 0.324 e. The summed E-state index contributed by atoms with van der Waals surface area (Å²) in [5.74, 6) is 0. The number of sulfonamides is 1. The zero-order valence-electron chi connectivity index (χ0n) is 9.86. The molecule has 2 rings (SSSR count). The molecule has 0 amide bonds. The number of halogens is 4. The second-order valence-electron chi connectivity index (χ2n) is 3.80. The number of nitrogens with zero attached hydrogens (tertiary/aromatic N) is 2. The molecule has 0 aliphatic carbocycles. The maximum atomic E-state index is 12.2. The van der Waals surface area contributed by atoms with Crippen LogP contribution in [0.4, 0.5) is 5.69 Å². The van der Waals surface area contributed by atoms with Crippen molar-refractivity contribution in [2.45, 2.75) is 5.03 Å². The highest BCUT2D eigenvalue weighted by atomic mass is 35.5. The highest BCUT2D eigenvalue weighted by molar-refractivity contribution is 7.92. The minimum atomic E-state index is -4.01. The first-order valence-electron chi connectivity index (χ1n) is 5.06. The van der Waals surface area contributed by atoms with Gasteiger partial charge in [-0.1, -0.05) is 46.4 Å². The molecule has 108 valence electrons. The van der Waals surface area contributed by atoms with Gasteiger partial charge in [-0.25, -0.2) is 4.98 Å². The van der Waals surface area contributed by atoms with Crippen LogP contribution in [0.1, 0.15) is 0 Å². The lowest BCUT2D eigenvalue weighted by molar-refractivity contribution is 0.598. The normalized spacial score (nSPS) is 11.7. The topological polar surface area (TPSA) is 64.0 Å². The molecule has 1 aromatic heterocycles. The Morgan fingerprint density at radius 1 is 1.15 bits per heavy atom. The summed E-state index contributed by atoms with van der Waals surface area (Å²) < 4.78 is 28.0. The molecule has 2 aromatic rings. The lowest BCUT2D eigenvalue weighted by Crippen LogP contribution is -2.14. The Balaban J connectivity index is 2.47. The first-order chi connectivity index (χ1) is 9.22. The molecule has 0 aliphatic heterocycles. The molecule has 5 nitrogen and oxygen atoms in total. The molecule has 0 atom stereocenters. The van der Waals surface area contributed by atoms with Crippen molar-refractivity contribution in [3.05, 3.63) is 38.7 Å². The number of hydrogen-bond acceptors (Lipinski definition) is 3. The van der Waals surface area contributed by atoms with E-state index in [0.717, 1.165) is 0 Å². The SMILES string of the molecule is Cn1cnc(S(=O)(=O)Nc2c(Cl)cc(Cl)cc2Cl)c1Cl. The molecule has 1 heterocycles. The Morgan fingerprint density at radius 2 is 1.70 bits per heavy atom. The van der Waals surface area contributed by atoms with Crippen molar-refractivity contribution in [2.75, 3.05) is 4.72 Å². The maximum Gasteiger partial charge on any atom is 0.282 e. The van der Waals surface area contributed by atoms with Crippen molar-refractivity contribution in [1.29, 1.82) is 0 Å². The highest BCUT2D eigenvalue weighted by Gasteiger charge is 2.24. The van der Waals surface area contributed by atoms with Gasteiger partial charge in [-0.2, -0.15) is 8.42 Å². The predicted molar refractivity (Wildman–Crippen MR) is 80.5 cm³/mol. The van der Waals surface area contributed by atoms with Crippen LogP contribution in [0.25, 0.3) is 0 Å². The van der Waals surface area contributed by atoms with Gasteiger partial charge < -0.3 is 4.57 Å². The summed E-state index contributed by atoms with van der Waals surface area (Å²) >= 11 is 23.5. The van der Waals surface area contributed by atoms with Crippen LogP contribution in [0.5, 0.6) is 0 Å². The van der Waals surface area contributed by atoms with Crippen LogP contribution in [-0.4, -0.2) is 18.0 Å². The van der Waals surface area contributed by atoms with Gasteiger partial charge in [0.2, 0.25) is 5.03 Å². The van der Waals surface area contributed by atoms with Gasteiger partial charge in [0, 0.05) is 12.1 Å². The first-order valence-corrected chi connectivity index (χ1v) is 8.06. The third-order valence-electron chi connectivity index (χ3n) is 2.33. The Bertz CT molecular complexity index is 750. The smallest absolute Gasteiger partial charge is 0.282 e. The lowest BCUT2D eigenvalue weighted by Gasteiger charge is -2.10. The third-order valence-corrected chi connectivity index (χ3v) is 4.98. The summed E-state index contributed by atoms with van der Waals surface area (Å²) in [6, 6.07) is 2.74. The molecule has 0 fully saturated rings. The Labute approximate surface area is 135 Å². The van der Waals surface area contributed by atoms with Gasteiger partial charge in [-0.3, -0.25) is 4.72 Å². The summed E-state index contributed by atoms with van der Waals surface area (Å²) in [6.07, 6.45) is 1.28. The van der Waals surface area contributed by atoms with Crippen LogP contribution in [0.15, 0.2) is 23.5 Å². The predicted octanol–water partition coefficient (Wildman–Crippen LogP) is 3.83. The van der Waals surface area contributed by atoms with E-state index in [-0.39, 0.29) is 25.9 Å². The van der Waals surface area contributed by atoms with Gasteiger partial charge in [0.1, 0.15) is 5.15 Å². The fourth-order valence-electron chi connectivity index (χ4n) is 1.40. The fourth-order valence-corrected chi connectivity index (χ4v) is 3.95. The second kappa shape index (κ2) is 5.61. The molecule has 0 radical (unpaired) electrons. The standard InChI is InChI=1S/C10H7Cl4N3O2S/c1-17-4-15-10(9(17)14)20(18,19)16-8-6(12)2-5(11)3-7(8)13/h2-4,16H,1H3. The Hall–Kier alpha value is -0.660. The average molecular weight is 375 g/mol. The molecule has 1 aromatic carbocycles. The highest BCUT2D eigenvalue weighted by Crippen LogP contribution is 2.35. The number of benzene rings is 1. The number of imidazole rings is 1. The van der Waals surface area contributed by atoms with Crippen molar-refractivity contribution in [3.8, 4) is 0 Å². The van der Waals surface area contributed by atoms with Gasteiger partial charge in [0.15, 0.2) is 0 Å². The van der Waals surface area contributed by atoms with Crippen LogP contribution in [0.2, 0.25) is 20.2 Å². The van der Waals surface area contributed by atoms with E-state index >= 15 is 0 Å². The molecule has 10 heteroatoms. The molecule has 0 bridgehead atoms. The van der Waals surface area contributed by atoms with Crippen LogP contribution in [-0.2, 0) is 17.1 Å². The number of aromatic nitrogens is 2. The minimum absolute atomic E-state index is 0.0134.